The van der Waals surface area contributed by atoms with E-state index >= 15 is 0 Å². The number of nitrogens with zero attached hydrogens (tertiary/aromatic N) is 5. The maximum Gasteiger partial charge on any atom is 0.304 e. The number of carbonyl (C=O) groups excluding carboxylic acids is 1. The van der Waals surface area contributed by atoms with Gasteiger partial charge in [0.05, 0.1) is 18.4 Å². The minimum atomic E-state index is -3.68. The number of aromatic nitrogens is 2. The lowest BCUT2D eigenvalue weighted by Crippen LogP contribution is -2.56. The molecule has 3 fully saturated rings. The van der Waals surface area contributed by atoms with Crippen LogP contribution < -0.4 is 9.62 Å². The largest absolute Gasteiger partial charge is 0.338 e. The summed E-state index contributed by atoms with van der Waals surface area (Å²) in [6.45, 7) is 3.20. The van der Waals surface area contributed by atoms with Crippen LogP contribution in [0.15, 0.2) is 12.4 Å². The smallest absolute Gasteiger partial charge is 0.304 e. The van der Waals surface area contributed by atoms with Gasteiger partial charge in [0.1, 0.15) is 0 Å². The molecule has 1 aromatic rings. The van der Waals surface area contributed by atoms with Gasteiger partial charge in [0.2, 0.25) is 5.91 Å². The fourth-order valence-electron chi connectivity index (χ4n) is 4.39. The van der Waals surface area contributed by atoms with Crippen molar-refractivity contribution in [2.45, 2.75) is 25.3 Å². The number of hydrogen-bond donors (Lipinski definition) is 1. The van der Waals surface area contributed by atoms with E-state index in [0.717, 1.165) is 38.9 Å². The summed E-state index contributed by atoms with van der Waals surface area (Å²) in [6.07, 6.45) is 6.28. The van der Waals surface area contributed by atoms with Gasteiger partial charge in [-0.25, -0.2) is 0 Å². The molecule has 3 aliphatic rings. The summed E-state index contributed by atoms with van der Waals surface area (Å²) in [7, 11) is -1.93. The van der Waals surface area contributed by atoms with E-state index in [0.29, 0.717) is 24.7 Å². The zero-order valence-electron chi connectivity index (χ0n) is 15.0. The van der Waals surface area contributed by atoms with Gasteiger partial charge in [-0.2, -0.15) is 17.8 Å². The van der Waals surface area contributed by atoms with Gasteiger partial charge in [0, 0.05) is 38.9 Å². The number of amides is 1. The highest BCUT2D eigenvalue weighted by Gasteiger charge is 2.41. The van der Waals surface area contributed by atoms with E-state index in [9.17, 15) is 13.2 Å². The van der Waals surface area contributed by atoms with Gasteiger partial charge in [0.15, 0.2) is 0 Å². The fourth-order valence-corrected chi connectivity index (χ4v) is 5.93. The predicted molar refractivity (Wildman–Crippen MR) is 96.8 cm³/mol. The van der Waals surface area contributed by atoms with Gasteiger partial charge in [0.25, 0.3) is 0 Å². The normalized spacial score (nSPS) is 29.0. The summed E-state index contributed by atoms with van der Waals surface area (Å²) in [5.74, 6) is 0.418. The Balaban J connectivity index is 1.46. The molecule has 10 heteroatoms. The average Bonchev–Trinajstić information content (AvgIpc) is 3.17. The Morgan fingerprint density at radius 1 is 1.31 bits per heavy atom. The second-order valence-corrected chi connectivity index (χ2v) is 9.19. The van der Waals surface area contributed by atoms with Crippen LogP contribution >= 0.6 is 0 Å². The molecule has 144 valence electrons. The molecule has 1 N–H and O–H groups in total. The van der Waals surface area contributed by atoms with Crippen LogP contribution in [0.4, 0.5) is 5.69 Å². The quantitative estimate of drug-likeness (QED) is 0.753. The van der Waals surface area contributed by atoms with Crippen molar-refractivity contribution in [2.75, 3.05) is 43.6 Å². The van der Waals surface area contributed by atoms with Crippen LogP contribution in [0.2, 0.25) is 0 Å². The molecule has 1 aromatic heterocycles. The number of aryl methyl sites for hydroxylation is 1. The summed E-state index contributed by atoms with van der Waals surface area (Å²) >= 11 is 0. The topological polar surface area (TPSA) is 90.8 Å². The van der Waals surface area contributed by atoms with E-state index in [-0.39, 0.29) is 18.5 Å². The molecule has 2 unspecified atom stereocenters. The van der Waals surface area contributed by atoms with Crippen LogP contribution in [0.1, 0.15) is 19.3 Å². The summed E-state index contributed by atoms with van der Waals surface area (Å²) in [5.41, 5.74) is 0.541. The molecular weight excluding hydrogens is 356 g/mol. The Morgan fingerprint density at radius 3 is 2.92 bits per heavy atom. The lowest BCUT2D eigenvalue weighted by atomic mass is 9.84. The number of fused-ring (bicyclic) bond motifs is 1. The third kappa shape index (κ3) is 3.10. The second-order valence-electron chi connectivity index (χ2n) is 7.34. The Labute approximate surface area is 154 Å². The van der Waals surface area contributed by atoms with Crippen LogP contribution in [-0.4, -0.2) is 78.6 Å². The highest BCUT2D eigenvalue weighted by molar-refractivity contribution is 7.90. The minimum absolute atomic E-state index is 0.0711. The predicted octanol–water partition coefficient (Wildman–Crippen LogP) is -0.613. The lowest BCUT2D eigenvalue weighted by molar-refractivity contribution is -0.137. The molecule has 1 amide bonds. The Morgan fingerprint density at radius 2 is 2.15 bits per heavy atom. The first-order valence-corrected chi connectivity index (χ1v) is 10.6. The number of anilines is 1. The van der Waals surface area contributed by atoms with E-state index in [1.54, 1.807) is 17.9 Å². The van der Waals surface area contributed by atoms with E-state index < -0.39 is 10.2 Å². The number of carbonyl (C=O) groups is 1. The maximum absolute atomic E-state index is 12.9. The molecular formula is C16H26N6O3S. The molecule has 0 saturated carbocycles. The third-order valence-electron chi connectivity index (χ3n) is 5.71. The summed E-state index contributed by atoms with van der Waals surface area (Å²) in [4.78, 5) is 14.8. The minimum Gasteiger partial charge on any atom is -0.338 e. The molecule has 2 atom stereocenters. The van der Waals surface area contributed by atoms with Crippen molar-refractivity contribution in [3.63, 3.8) is 0 Å². The first kappa shape index (κ1) is 17.7. The molecule has 0 radical (unpaired) electrons. The Hall–Kier alpha value is -1.65. The van der Waals surface area contributed by atoms with E-state index in [1.807, 2.05) is 4.90 Å². The molecule has 26 heavy (non-hydrogen) atoms. The molecule has 3 aliphatic heterocycles. The monoisotopic (exact) mass is 382 g/mol. The number of piperidine rings is 2. The molecule has 9 nitrogen and oxygen atoms in total. The van der Waals surface area contributed by atoms with Gasteiger partial charge in [-0.1, -0.05) is 0 Å². The van der Waals surface area contributed by atoms with E-state index in [2.05, 4.69) is 10.4 Å². The molecule has 4 heterocycles. The molecule has 3 saturated heterocycles. The zero-order valence-corrected chi connectivity index (χ0v) is 15.9. The van der Waals surface area contributed by atoms with Crippen molar-refractivity contribution in [2.24, 2.45) is 13.0 Å². The van der Waals surface area contributed by atoms with Crippen molar-refractivity contribution in [3.8, 4) is 0 Å². The average molecular weight is 382 g/mol. The number of likely N-dealkylation sites (tertiary alicyclic amines) is 1. The first-order valence-electron chi connectivity index (χ1n) is 9.23. The van der Waals surface area contributed by atoms with Crippen molar-refractivity contribution >= 4 is 21.8 Å². The molecule has 4 rings (SSSR count). The van der Waals surface area contributed by atoms with Crippen LogP contribution in [-0.2, 0) is 22.1 Å². The van der Waals surface area contributed by atoms with Crippen LogP contribution in [0.5, 0.6) is 0 Å². The van der Waals surface area contributed by atoms with Crippen molar-refractivity contribution in [1.29, 1.82) is 0 Å². The van der Waals surface area contributed by atoms with Gasteiger partial charge in [-0.15, -0.1) is 0 Å². The second kappa shape index (κ2) is 6.82. The highest BCUT2D eigenvalue weighted by Crippen LogP contribution is 2.29. The van der Waals surface area contributed by atoms with Gasteiger partial charge < -0.3 is 10.2 Å². The van der Waals surface area contributed by atoms with Crippen molar-refractivity contribution < 1.29 is 13.2 Å². The standard InChI is InChI=1S/C16H26N6O3S/c1-19-11-14(10-18-19)22-8-7-20(26(22,24)25)12-16(23)21-6-2-3-13-9-17-5-4-15(13)21/h10-11,13,15,17H,2-9,12H2,1H3. The zero-order chi connectivity index (χ0) is 18.3. The number of nitrogens with one attached hydrogen (secondary N) is 1. The number of hydrogen-bond acceptors (Lipinski definition) is 5. The van der Waals surface area contributed by atoms with Crippen molar-refractivity contribution in [3.05, 3.63) is 12.4 Å². The molecule has 0 aromatic carbocycles. The van der Waals surface area contributed by atoms with Crippen LogP contribution in [0, 0.1) is 5.92 Å². The van der Waals surface area contributed by atoms with Gasteiger partial charge in [-0.05, 0) is 38.3 Å². The molecule has 0 bridgehead atoms. The molecule has 0 aliphatic carbocycles. The fraction of sp³-hybridized carbons (Fsp3) is 0.750. The summed E-state index contributed by atoms with van der Waals surface area (Å²) in [5, 5.41) is 7.44. The first-order chi connectivity index (χ1) is 12.5. The SMILES string of the molecule is Cn1cc(N2CCN(CC(=O)N3CCCC4CNCCC43)S2(=O)=O)cn1. The third-order valence-corrected chi connectivity index (χ3v) is 7.62. The highest BCUT2D eigenvalue weighted by atomic mass is 32.2. The van der Waals surface area contributed by atoms with Gasteiger partial charge in [-0.3, -0.25) is 13.8 Å². The summed E-state index contributed by atoms with van der Waals surface area (Å²) in [6, 6.07) is 0.247. The lowest BCUT2D eigenvalue weighted by Gasteiger charge is -2.44. The summed E-state index contributed by atoms with van der Waals surface area (Å²) < 4.78 is 29.9. The van der Waals surface area contributed by atoms with Crippen LogP contribution in [0.25, 0.3) is 0 Å². The van der Waals surface area contributed by atoms with E-state index in [4.69, 9.17) is 0 Å². The Bertz CT molecular complexity index is 777. The Kier molecular flexibility index (Phi) is 4.66. The maximum atomic E-state index is 12.9. The van der Waals surface area contributed by atoms with Crippen LogP contribution in [0.3, 0.4) is 0 Å². The molecule has 0 spiro atoms. The van der Waals surface area contributed by atoms with E-state index in [1.165, 1.54) is 14.8 Å². The van der Waals surface area contributed by atoms with Gasteiger partial charge >= 0.3 is 10.2 Å². The number of rotatable bonds is 3. The van der Waals surface area contributed by atoms with Crippen molar-refractivity contribution in [1.82, 2.24) is 24.3 Å².